The van der Waals surface area contributed by atoms with Crippen LogP contribution in [0.2, 0.25) is 0 Å². The van der Waals surface area contributed by atoms with Gasteiger partial charge in [0.2, 0.25) is 0 Å². The topological polar surface area (TPSA) is 9.23 Å². The third kappa shape index (κ3) is 4.94. The van der Waals surface area contributed by atoms with Crippen LogP contribution in [0, 0.1) is 18.8 Å². The van der Waals surface area contributed by atoms with E-state index < -0.39 is 6.11 Å². The summed E-state index contributed by atoms with van der Waals surface area (Å²) in [6.07, 6.45) is 5.91. The van der Waals surface area contributed by atoms with E-state index in [4.69, 9.17) is 4.74 Å². The first kappa shape index (κ1) is 18.6. The lowest BCUT2D eigenvalue weighted by molar-refractivity contribution is -0.185. The fraction of sp³-hybridized carbons (Fsp3) is 0.391. The van der Waals surface area contributed by atoms with Gasteiger partial charge in [0.25, 0.3) is 0 Å². The van der Waals surface area contributed by atoms with E-state index >= 15 is 0 Å². The van der Waals surface area contributed by atoms with Crippen LogP contribution in [0.1, 0.15) is 49.3 Å². The average Bonchev–Trinajstić information content (AvgIpc) is 2.63. The van der Waals surface area contributed by atoms with Gasteiger partial charge in [0.05, 0.1) is 5.56 Å². The van der Waals surface area contributed by atoms with Crippen molar-refractivity contribution >= 4 is 6.08 Å². The molecule has 1 aliphatic carbocycles. The van der Waals surface area contributed by atoms with Crippen LogP contribution >= 0.6 is 0 Å². The first-order valence-corrected chi connectivity index (χ1v) is 9.34. The molecule has 0 aliphatic heterocycles. The minimum absolute atomic E-state index is 0.137. The van der Waals surface area contributed by atoms with E-state index in [1.807, 2.05) is 13.0 Å². The highest BCUT2D eigenvalue weighted by atomic mass is 19.3. The van der Waals surface area contributed by atoms with E-state index in [0.29, 0.717) is 5.92 Å². The number of ether oxygens (including phenoxy) is 1. The Morgan fingerprint density at radius 3 is 2.15 bits per heavy atom. The fourth-order valence-electron chi connectivity index (χ4n) is 3.33. The highest BCUT2D eigenvalue weighted by Crippen LogP contribution is 2.32. The van der Waals surface area contributed by atoms with Gasteiger partial charge in [0.15, 0.2) is 0 Å². The first-order valence-electron chi connectivity index (χ1n) is 9.34. The van der Waals surface area contributed by atoms with Gasteiger partial charge < -0.3 is 4.74 Å². The molecule has 3 rings (SSSR count). The molecule has 1 fully saturated rings. The van der Waals surface area contributed by atoms with Crippen LogP contribution in [0.25, 0.3) is 6.08 Å². The molecular formula is C23H26F2O. The SMILES string of the molecule is Cc1ccc(OC(F)(F)c2ccc(/C=C/C3CCC(C)CC3)cc2)cc1. The first-order chi connectivity index (χ1) is 12.4. The molecule has 0 unspecified atom stereocenters. The number of aryl methyl sites for hydroxylation is 1. The lowest BCUT2D eigenvalue weighted by Crippen LogP contribution is -2.21. The smallest absolute Gasteiger partial charge is 0.426 e. The van der Waals surface area contributed by atoms with Crippen molar-refractivity contribution in [1.29, 1.82) is 0 Å². The Kier molecular flexibility index (Phi) is 5.75. The highest BCUT2D eigenvalue weighted by Gasteiger charge is 2.34. The van der Waals surface area contributed by atoms with E-state index in [1.54, 1.807) is 36.4 Å². The molecule has 0 N–H and O–H groups in total. The Labute approximate surface area is 154 Å². The summed E-state index contributed by atoms with van der Waals surface area (Å²) in [5, 5.41) is 0. The Morgan fingerprint density at radius 2 is 1.54 bits per heavy atom. The molecule has 1 aliphatic rings. The van der Waals surface area contributed by atoms with Gasteiger partial charge in [-0.05, 0) is 61.4 Å². The van der Waals surface area contributed by atoms with Crippen LogP contribution in [0.5, 0.6) is 5.75 Å². The molecule has 2 aromatic carbocycles. The third-order valence-corrected chi connectivity index (χ3v) is 5.14. The van der Waals surface area contributed by atoms with Gasteiger partial charge in [0.1, 0.15) is 5.75 Å². The lowest BCUT2D eigenvalue weighted by atomic mass is 9.83. The van der Waals surface area contributed by atoms with Crippen molar-refractivity contribution in [2.24, 2.45) is 11.8 Å². The number of halogens is 2. The summed E-state index contributed by atoms with van der Waals surface area (Å²) in [5.74, 6) is 1.60. The van der Waals surface area contributed by atoms with E-state index in [0.717, 1.165) is 17.0 Å². The number of rotatable bonds is 5. The van der Waals surface area contributed by atoms with Gasteiger partial charge >= 0.3 is 6.11 Å². The summed E-state index contributed by atoms with van der Waals surface area (Å²) in [4.78, 5) is 0. The van der Waals surface area contributed by atoms with E-state index in [9.17, 15) is 8.78 Å². The maximum Gasteiger partial charge on any atom is 0.426 e. The van der Waals surface area contributed by atoms with Crippen LogP contribution in [0.3, 0.4) is 0 Å². The van der Waals surface area contributed by atoms with Gasteiger partial charge in [-0.3, -0.25) is 0 Å². The van der Waals surface area contributed by atoms with Crippen molar-refractivity contribution < 1.29 is 13.5 Å². The molecule has 0 saturated heterocycles. The van der Waals surface area contributed by atoms with E-state index in [1.165, 1.54) is 37.8 Å². The Morgan fingerprint density at radius 1 is 0.923 bits per heavy atom. The number of alkyl halides is 2. The van der Waals surface area contributed by atoms with Crippen LogP contribution in [0.15, 0.2) is 54.6 Å². The maximum atomic E-state index is 14.3. The fourth-order valence-corrected chi connectivity index (χ4v) is 3.33. The van der Waals surface area contributed by atoms with Gasteiger partial charge in [-0.25, -0.2) is 0 Å². The predicted octanol–water partition coefficient (Wildman–Crippen LogP) is 6.96. The van der Waals surface area contributed by atoms with Crippen LogP contribution in [0.4, 0.5) is 8.78 Å². The second-order valence-corrected chi connectivity index (χ2v) is 7.43. The monoisotopic (exact) mass is 356 g/mol. The summed E-state index contributed by atoms with van der Waals surface area (Å²) in [7, 11) is 0. The molecule has 0 bridgehead atoms. The van der Waals surface area contributed by atoms with Crippen molar-refractivity contribution in [3.8, 4) is 5.75 Å². The summed E-state index contributed by atoms with van der Waals surface area (Å²) < 4.78 is 33.6. The largest absolute Gasteiger partial charge is 0.429 e. The summed E-state index contributed by atoms with van der Waals surface area (Å²) in [5.41, 5.74) is 1.81. The molecule has 3 heteroatoms. The highest BCUT2D eigenvalue weighted by molar-refractivity contribution is 5.50. The van der Waals surface area contributed by atoms with Gasteiger partial charge in [-0.2, -0.15) is 8.78 Å². The molecule has 0 atom stereocenters. The summed E-state index contributed by atoms with van der Waals surface area (Å²) >= 11 is 0. The van der Waals surface area contributed by atoms with Gasteiger partial charge in [-0.15, -0.1) is 0 Å². The third-order valence-electron chi connectivity index (χ3n) is 5.14. The summed E-state index contributed by atoms with van der Waals surface area (Å²) in [6, 6.07) is 13.0. The second-order valence-electron chi connectivity index (χ2n) is 7.43. The van der Waals surface area contributed by atoms with Crippen LogP contribution < -0.4 is 4.74 Å². The molecule has 138 valence electrons. The van der Waals surface area contributed by atoms with Crippen molar-refractivity contribution in [3.63, 3.8) is 0 Å². The zero-order valence-electron chi connectivity index (χ0n) is 15.4. The number of hydrogen-bond donors (Lipinski definition) is 0. The molecule has 0 radical (unpaired) electrons. The molecule has 2 aromatic rings. The zero-order valence-corrected chi connectivity index (χ0v) is 15.4. The van der Waals surface area contributed by atoms with Crippen LogP contribution in [-0.4, -0.2) is 0 Å². The lowest BCUT2D eigenvalue weighted by Gasteiger charge is -2.23. The number of hydrogen-bond acceptors (Lipinski definition) is 1. The Balaban J connectivity index is 1.63. The second kappa shape index (κ2) is 8.03. The Bertz CT molecular complexity index is 724. The minimum Gasteiger partial charge on any atom is -0.429 e. The van der Waals surface area contributed by atoms with E-state index in [2.05, 4.69) is 13.0 Å². The van der Waals surface area contributed by atoms with Crippen molar-refractivity contribution in [1.82, 2.24) is 0 Å². The number of allylic oxidation sites excluding steroid dienone is 1. The van der Waals surface area contributed by atoms with Gasteiger partial charge in [0, 0.05) is 0 Å². The predicted molar refractivity (Wildman–Crippen MR) is 102 cm³/mol. The number of benzene rings is 2. The Hall–Kier alpha value is -2.16. The molecule has 0 aromatic heterocycles. The van der Waals surface area contributed by atoms with Gasteiger partial charge in [-0.1, -0.05) is 61.7 Å². The molecule has 0 amide bonds. The molecule has 26 heavy (non-hydrogen) atoms. The maximum absolute atomic E-state index is 14.3. The normalized spacial score (nSPS) is 21.1. The molecular weight excluding hydrogens is 330 g/mol. The van der Waals surface area contributed by atoms with Crippen molar-refractivity contribution in [2.45, 2.75) is 45.6 Å². The van der Waals surface area contributed by atoms with Crippen LogP contribution in [-0.2, 0) is 6.11 Å². The van der Waals surface area contributed by atoms with Crippen molar-refractivity contribution in [2.75, 3.05) is 0 Å². The minimum atomic E-state index is -3.35. The molecule has 0 spiro atoms. The van der Waals surface area contributed by atoms with E-state index in [-0.39, 0.29) is 11.3 Å². The van der Waals surface area contributed by atoms with Crippen molar-refractivity contribution in [3.05, 3.63) is 71.3 Å². The zero-order chi connectivity index (χ0) is 18.6. The average molecular weight is 356 g/mol. The standard InChI is InChI=1S/C23H26F2O/c1-17-3-7-19(8-4-17)9-10-20-11-13-21(14-12-20)23(24,25)26-22-15-5-18(2)6-16-22/h5-6,9-17,19H,3-4,7-8H2,1-2H3/b10-9+. The quantitative estimate of drug-likeness (QED) is 0.562. The molecule has 1 nitrogen and oxygen atoms in total. The summed E-state index contributed by atoms with van der Waals surface area (Å²) in [6.45, 7) is 4.21. The molecule has 1 saturated carbocycles. The molecule has 0 heterocycles.